The van der Waals surface area contributed by atoms with Crippen molar-refractivity contribution in [2.75, 3.05) is 13.1 Å². The first-order valence-electron chi connectivity index (χ1n) is 8.42. The van der Waals surface area contributed by atoms with Crippen molar-refractivity contribution in [1.29, 1.82) is 0 Å². The maximum Gasteiger partial charge on any atom is 0.410 e. The summed E-state index contributed by atoms with van der Waals surface area (Å²) in [5, 5.41) is 0. The maximum atomic E-state index is 12.3. The molecule has 126 valence electrons. The monoisotopic (exact) mass is 319 g/mol. The van der Waals surface area contributed by atoms with E-state index < -0.39 is 5.60 Å². The molecule has 1 amide bonds. The molecule has 1 saturated heterocycles. The summed E-state index contributed by atoms with van der Waals surface area (Å²) in [7, 11) is 0. The Hall–Kier alpha value is -1.85. The molecular formula is C17H25N3O3. The van der Waals surface area contributed by atoms with Crippen LogP contribution in [0.4, 0.5) is 4.79 Å². The van der Waals surface area contributed by atoms with E-state index >= 15 is 0 Å². The third-order valence-corrected chi connectivity index (χ3v) is 4.41. The number of hydrogen-bond donors (Lipinski definition) is 0. The maximum absolute atomic E-state index is 12.3. The minimum Gasteiger partial charge on any atom is -0.444 e. The largest absolute Gasteiger partial charge is 0.444 e. The molecule has 1 fully saturated rings. The standard InChI is InChI=1S/C17H25N3O3/c1-17(2,3)23-16(22)19-8-4-6-12(11-19)13-10-15(21)18-14-7-5-9-20(13)14/h10,12H,4-9,11H2,1-3H3. The third-order valence-electron chi connectivity index (χ3n) is 4.41. The van der Waals surface area contributed by atoms with Crippen molar-refractivity contribution in [3.8, 4) is 0 Å². The molecule has 0 saturated carbocycles. The molecule has 0 spiro atoms. The van der Waals surface area contributed by atoms with Gasteiger partial charge in [0.25, 0.3) is 5.56 Å². The van der Waals surface area contributed by atoms with Gasteiger partial charge >= 0.3 is 6.09 Å². The molecule has 6 nitrogen and oxygen atoms in total. The van der Waals surface area contributed by atoms with Gasteiger partial charge < -0.3 is 14.2 Å². The van der Waals surface area contributed by atoms with E-state index in [9.17, 15) is 9.59 Å². The van der Waals surface area contributed by atoms with Crippen molar-refractivity contribution in [2.45, 2.75) is 64.5 Å². The van der Waals surface area contributed by atoms with Gasteiger partial charge in [-0.25, -0.2) is 4.79 Å². The summed E-state index contributed by atoms with van der Waals surface area (Å²) in [4.78, 5) is 30.1. The fraction of sp³-hybridized carbons (Fsp3) is 0.706. The van der Waals surface area contributed by atoms with E-state index in [0.717, 1.165) is 43.7 Å². The highest BCUT2D eigenvalue weighted by molar-refractivity contribution is 5.68. The highest BCUT2D eigenvalue weighted by atomic mass is 16.6. The lowest BCUT2D eigenvalue weighted by molar-refractivity contribution is 0.0196. The summed E-state index contributed by atoms with van der Waals surface area (Å²) in [5.41, 5.74) is 0.382. The fourth-order valence-electron chi connectivity index (χ4n) is 3.47. The number of amides is 1. The highest BCUT2D eigenvalue weighted by Gasteiger charge is 2.30. The SMILES string of the molecule is CC(C)(C)OC(=O)N1CCCC(c2cc(=O)nc3n2CCC3)C1. The second kappa shape index (κ2) is 5.98. The molecule has 1 unspecified atom stereocenters. The summed E-state index contributed by atoms with van der Waals surface area (Å²) in [6.45, 7) is 7.87. The van der Waals surface area contributed by atoms with Gasteiger partial charge in [-0.2, -0.15) is 4.98 Å². The summed E-state index contributed by atoms with van der Waals surface area (Å²) < 4.78 is 7.66. The molecular weight excluding hydrogens is 294 g/mol. The Balaban J connectivity index is 1.80. The molecule has 0 radical (unpaired) electrons. The number of likely N-dealkylation sites (tertiary alicyclic amines) is 1. The quantitative estimate of drug-likeness (QED) is 0.797. The van der Waals surface area contributed by atoms with Crippen molar-refractivity contribution in [3.63, 3.8) is 0 Å². The van der Waals surface area contributed by atoms with Crippen molar-refractivity contribution < 1.29 is 9.53 Å². The van der Waals surface area contributed by atoms with Crippen molar-refractivity contribution in [3.05, 3.63) is 27.9 Å². The minimum atomic E-state index is -0.487. The molecule has 0 aliphatic carbocycles. The zero-order chi connectivity index (χ0) is 16.6. The molecule has 3 rings (SSSR count). The molecule has 23 heavy (non-hydrogen) atoms. The number of carbonyl (C=O) groups is 1. The Morgan fingerprint density at radius 1 is 1.30 bits per heavy atom. The van der Waals surface area contributed by atoms with Gasteiger partial charge in [-0.3, -0.25) is 4.79 Å². The van der Waals surface area contributed by atoms with Crippen LogP contribution in [0.1, 0.15) is 57.5 Å². The Labute approximate surface area is 136 Å². The summed E-state index contributed by atoms with van der Waals surface area (Å²) in [5.74, 6) is 1.07. The van der Waals surface area contributed by atoms with Gasteiger partial charge in [0.1, 0.15) is 11.4 Å². The molecule has 2 aliphatic rings. The lowest BCUT2D eigenvalue weighted by Crippen LogP contribution is -2.43. The molecule has 3 heterocycles. The average Bonchev–Trinajstić information content (AvgIpc) is 2.92. The predicted molar refractivity (Wildman–Crippen MR) is 86.6 cm³/mol. The number of nitrogens with zero attached hydrogens (tertiary/aromatic N) is 3. The highest BCUT2D eigenvalue weighted by Crippen LogP contribution is 2.29. The molecule has 0 bridgehead atoms. The van der Waals surface area contributed by atoms with E-state index in [4.69, 9.17) is 4.74 Å². The van der Waals surface area contributed by atoms with Gasteiger partial charge in [0.05, 0.1) is 0 Å². The first-order valence-corrected chi connectivity index (χ1v) is 8.42. The number of carbonyl (C=O) groups excluding carboxylic acids is 1. The fourth-order valence-corrected chi connectivity index (χ4v) is 3.47. The summed E-state index contributed by atoms with van der Waals surface area (Å²) in [6.07, 6.45) is 3.55. The van der Waals surface area contributed by atoms with E-state index in [2.05, 4.69) is 9.55 Å². The topological polar surface area (TPSA) is 64.4 Å². The molecule has 1 aromatic rings. The molecule has 0 N–H and O–H groups in total. The van der Waals surface area contributed by atoms with Crippen LogP contribution >= 0.6 is 0 Å². The Kier molecular flexibility index (Phi) is 4.17. The molecule has 6 heteroatoms. The number of fused-ring (bicyclic) bond motifs is 1. The normalized spacial score (nSPS) is 21.2. The number of aryl methyl sites for hydroxylation is 1. The lowest BCUT2D eigenvalue weighted by Gasteiger charge is -2.35. The number of ether oxygens (including phenoxy) is 1. The summed E-state index contributed by atoms with van der Waals surface area (Å²) in [6, 6.07) is 1.65. The first kappa shape index (κ1) is 16.0. The van der Waals surface area contributed by atoms with Gasteiger partial charge in [-0.1, -0.05) is 0 Å². The van der Waals surface area contributed by atoms with Crippen LogP contribution in [0, 0.1) is 0 Å². The van der Waals surface area contributed by atoms with E-state index in [1.165, 1.54) is 0 Å². The van der Waals surface area contributed by atoms with Crippen LogP contribution in [-0.2, 0) is 17.7 Å². The number of rotatable bonds is 1. The minimum absolute atomic E-state index is 0.164. The third kappa shape index (κ3) is 3.57. The lowest BCUT2D eigenvalue weighted by atomic mass is 9.94. The van der Waals surface area contributed by atoms with Crippen LogP contribution in [0.25, 0.3) is 0 Å². The van der Waals surface area contributed by atoms with E-state index in [1.807, 2.05) is 20.8 Å². The van der Waals surface area contributed by atoms with Gasteiger partial charge in [0, 0.05) is 43.7 Å². The Morgan fingerprint density at radius 3 is 2.83 bits per heavy atom. The Morgan fingerprint density at radius 2 is 2.09 bits per heavy atom. The molecule has 1 atom stereocenters. The number of aromatic nitrogens is 2. The van der Waals surface area contributed by atoms with Gasteiger partial charge in [-0.15, -0.1) is 0 Å². The zero-order valence-electron chi connectivity index (χ0n) is 14.2. The van der Waals surface area contributed by atoms with E-state index in [1.54, 1.807) is 11.0 Å². The molecule has 0 aromatic carbocycles. The smallest absolute Gasteiger partial charge is 0.410 e. The summed E-state index contributed by atoms with van der Waals surface area (Å²) >= 11 is 0. The zero-order valence-corrected chi connectivity index (χ0v) is 14.2. The predicted octanol–water partition coefficient (Wildman–Crippen LogP) is 2.30. The van der Waals surface area contributed by atoms with Crippen LogP contribution < -0.4 is 5.56 Å². The second-order valence-corrected chi connectivity index (χ2v) is 7.46. The van der Waals surface area contributed by atoms with Crippen LogP contribution in [-0.4, -0.2) is 39.2 Å². The number of piperidine rings is 1. The van der Waals surface area contributed by atoms with Gasteiger partial charge in [-0.05, 0) is 40.0 Å². The Bertz CT molecular complexity index is 660. The van der Waals surface area contributed by atoms with Gasteiger partial charge in [0.2, 0.25) is 0 Å². The van der Waals surface area contributed by atoms with Gasteiger partial charge in [0.15, 0.2) is 0 Å². The van der Waals surface area contributed by atoms with Crippen LogP contribution in [0.3, 0.4) is 0 Å². The van der Waals surface area contributed by atoms with E-state index in [-0.39, 0.29) is 17.6 Å². The molecule has 2 aliphatic heterocycles. The molecule has 1 aromatic heterocycles. The van der Waals surface area contributed by atoms with Crippen LogP contribution in [0.2, 0.25) is 0 Å². The van der Waals surface area contributed by atoms with E-state index in [0.29, 0.717) is 13.1 Å². The number of hydrogen-bond acceptors (Lipinski definition) is 4. The first-order chi connectivity index (χ1) is 10.8. The van der Waals surface area contributed by atoms with Crippen molar-refractivity contribution >= 4 is 6.09 Å². The van der Waals surface area contributed by atoms with Crippen molar-refractivity contribution in [1.82, 2.24) is 14.5 Å². The second-order valence-electron chi connectivity index (χ2n) is 7.46. The average molecular weight is 319 g/mol. The van der Waals surface area contributed by atoms with Crippen LogP contribution in [0.15, 0.2) is 10.9 Å². The van der Waals surface area contributed by atoms with Crippen molar-refractivity contribution in [2.24, 2.45) is 0 Å². The van der Waals surface area contributed by atoms with Crippen LogP contribution in [0.5, 0.6) is 0 Å².